The van der Waals surface area contributed by atoms with Crippen LogP contribution >= 0.6 is 0 Å². The predicted octanol–water partition coefficient (Wildman–Crippen LogP) is 1.76. The van der Waals surface area contributed by atoms with Gasteiger partial charge >= 0.3 is 11.9 Å². The van der Waals surface area contributed by atoms with E-state index in [2.05, 4.69) is 0 Å². The Hall–Kier alpha value is -2.49. The molecule has 1 aromatic rings. The summed E-state index contributed by atoms with van der Waals surface area (Å²) in [6.45, 7) is 3.96. The van der Waals surface area contributed by atoms with Gasteiger partial charge in [-0.15, -0.1) is 0 Å². The van der Waals surface area contributed by atoms with E-state index in [1.807, 2.05) is 0 Å². The molecule has 4 fully saturated rings. The third-order valence-electron chi connectivity index (χ3n) is 7.22. The molecule has 0 N–H and O–H groups in total. The maximum absolute atomic E-state index is 13.6. The van der Waals surface area contributed by atoms with E-state index in [4.69, 9.17) is 28.4 Å². The Morgan fingerprint density at radius 1 is 1.16 bits per heavy atom. The first-order chi connectivity index (χ1) is 15.3. The normalized spacial score (nSPS) is 35.7. The van der Waals surface area contributed by atoms with Gasteiger partial charge in [0, 0.05) is 25.9 Å². The molecule has 1 aromatic carbocycles. The average molecular weight is 446 g/mol. The molecule has 1 spiro atoms. The molecule has 172 valence electrons. The number of hydrogen-bond acceptors (Lipinski definition) is 9. The third kappa shape index (κ3) is 2.98. The number of Topliss-reactive ketones (excluding diaryl/α,β-unsaturated/α-hetero) is 1. The van der Waals surface area contributed by atoms with Crippen molar-refractivity contribution in [2.45, 2.75) is 50.6 Å². The summed E-state index contributed by atoms with van der Waals surface area (Å²) in [5.41, 5.74) is -0.445. The van der Waals surface area contributed by atoms with Crippen LogP contribution in [0.25, 0.3) is 0 Å². The van der Waals surface area contributed by atoms with Gasteiger partial charge in [0.25, 0.3) is 0 Å². The minimum absolute atomic E-state index is 0.134. The molecular weight excluding hydrogens is 420 g/mol. The van der Waals surface area contributed by atoms with Gasteiger partial charge in [0.15, 0.2) is 17.3 Å². The number of methoxy groups -OCH3 is 1. The van der Waals surface area contributed by atoms with E-state index < -0.39 is 41.8 Å². The minimum Gasteiger partial charge on any atom is -0.493 e. The molecule has 6 atom stereocenters. The van der Waals surface area contributed by atoms with Crippen molar-refractivity contribution in [3.8, 4) is 11.5 Å². The SMILES string of the molecule is COc1cc(C(OC(C)=O)[C@H]2C(=O)C3C[C@@]45CCOC2C4(COC5)O3)ccc1OC(C)=O. The summed E-state index contributed by atoms with van der Waals surface area (Å²) in [7, 11) is 1.44. The maximum atomic E-state index is 13.6. The molecular formula is C23H26O9. The summed E-state index contributed by atoms with van der Waals surface area (Å²) in [4.78, 5) is 37.1. The van der Waals surface area contributed by atoms with Crippen LogP contribution in [0.4, 0.5) is 0 Å². The van der Waals surface area contributed by atoms with Crippen LogP contribution in [0.5, 0.6) is 11.5 Å². The van der Waals surface area contributed by atoms with Crippen LogP contribution in [0.1, 0.15) is 38.4 Å². The number of carbonyl (C=O) groups is 3. The van der Waals surface area contributed by atoms with E-state index in [1.54, 1.807) is 18.2 Å². The van der Waals surface area contributed by atoms with Gasteiger partial charge in [0.05, 0.1) is 26.2 Å². The van der Waals surface area contributed by atoms with Gasteiger partial charge in [0.2, 0.25) is 0 Å². The van der Waals surface area contributed by atoms with Crippen molar-refractivity contribution in [2.24, 2.45) is 11.3 Å². The van der Waals surface area contributed by atoms with Crippen molar-refractivity contribution < 1.29 is 42.8 Å². The lowest BCUT2D eigenvalue weighted by Gasteiger charge is -2.51. The minimum atomic E-state index is -0.914. The average Bonchev–Trinajstić information content (AvgIpc) is 3.26. The lowest BCUT2D eigenvalue weighted by atomic mass is 9.65. The smallest absolute Gasteiger partial charge is 0.308 e. The number of hydrogen-bond donors (Lipinski definition) is 0. The van der Waals surface area contributed by atoms with Crippen LogP contribution < -0.4 is 9.47 Å². The molecule has 0 amide bonds. The highest BCUT2D eigenvalue weighted by Gasteiger charge is 2.75. The highest BCUT2D eigenvalue weighted by molar-refractivity contribution is 5.89. The van der Waals surface area contributed by atoms with Crippen LogP contribution in [-0.4, -0.2) is 62.5 Å². The molecule has 4 aliphatic heterocycles. The Balaban J connectivity index is 1.57. The maximum Gasteiger partial charge on any atom is 0.308 e. The summed E-state index contributed by atoms with van der Waals surface area (Å²) in [5, 5.41) is 0. The van der Waals surface area contributed by atoms with Gasteiger partial charge in [-0.3, -0.25) is 14.4 Å². The van der Waals surface area contributed by atoms with Gasteiger partial charge in [-0.2, -0.15) is 0 Å². The van der Waals surface area contributed by atoms with Crippen molar-refractivity contribution in [2.75, 3.05) is 26.9 Å². The first kappa shape index (κ1) is 21.4. The fourth-order valence-electron chi connectivity index (χ4n) is 5.92. The van der Waals surface area contributed by atoms with E-state index in [-0.39, 0.29) is 16.9 Å². The first-order valence-electron chi connectivity index (χ1n) is 10.7. The van der Waals surface area contributed by atoms with Crippen LogP contribution in [0.3, 0.4) is 0 Å². The van der Waals surface area contributed by atoms with Gasteiger partial charge in [-0.1, -0.05) is 6.07 Å². The Morgan fingerprint density at radius 2 is 1.97 bits per heavy atom. The van der Waals surface area contributed by atoms with Crippen LogP contribution in [0.2, 0.25) is 0 Å². The molecule has 32 heavy (non-hydrogen) atoms. The second-order valence-corrected chi connectivity index (χ2v) is 8.98. The quantitative estimate of drug-likeness (QED) is 0.494. The zero-order valence-electron chi connectivity index (χ0n) is 18.3. The lowest BCUT2D eigenvalue weighted by molar-refractivity contribution is -0.241. The number of ketones is 1. The molecule has 4 unspecified atom stereocenters. The third-order valence-corrected chi connectivity index (χ3v) is 7.22. The molecule has 0 saturated carbocycles. The molecule has 4 heterocycles. The van der Waals surface area contributed by atoms with Crippen molar-refractivity contribution in [3.05, 3.63) is 23.8 Å². The number of rotatable bonds is 5. The molecule has 0 aromatic heterocycles. The summed E-state index contributed by atoms with van der Waals surface area (Å²) in [6, 6.07) is 4.85. The predicted molar refractivity (Wildman–Crippen MR) is 107 cm³/mol. The van der Waals surface area contributed by atoms with Crippen molar-refractivity contribution in [1.29, 1.82) is 0 Å². The second-order valence-electron chi connectivity index (χ2n) is 8.98. The standard InChI is InChI=1S/C23H26O9/c1-12(24)30-15-5-4-14(8-16(15)27-3)20(31-13(2)25)18-19(26)17-9-22-6-7-29-21(18)23(22,32-17)11-28-10-22/h4-5,8,17-18,20-21H,6-7,9-11H2,1-3H3/t17?,18-,20?,21?,22-,23?/m1/s1. The lowest BCUT2D eigenvalue weighted by Crippen LogP contribution is -2.65. The zero-order valence-corrected chi connectivity index (χ0v) is 18.3. The largest absolute Gasteiger partial charge is 0.493 e. The Labute approximate surface area is 185 Å². The van der Waals surface area contributed by atoms with E-state index in [0.29, 0.717) is 37.6 Å². The summed E-state index contributed by atoms with van der Waals surface area (Å²) < 4.78 is 34.6. The fraction of sp³-hybridized carbons (Fsp3) is 0.609. The molecule has 2 bridgehead atoms. The Morgan fingerprint density at radius 3 is 2.69 bits per heavy atom. The van der Waals surface area contributed by atoms with Gasteiger partial charge in [-0.05, 0) is 30.5 Å². The summed E-state index contributed by atoms with van der Waals surface area (Å²) >= 11 is 0. The first-order valence-corrected chi connectivity index (χ1v) is 10.7. The van der Waals surface area contributed by atoms with Crippen LogP contribution in [-0.2, 0) is 33.3 Å². The van der Waals surface area contributed by atoms with Crippen molar-refractivity contribution >= 4 is 17.7 Å². The summed E-state index contributed by atoms with van der Waals surface area (Å²) in [5.74, 6) is -1.38. The van der Waals surface area contributed by atoms with Gasteiger partial charge in [0.1, 0.15) is 23.9 Å². The molecule has 5 rings (SSSR count). The topological polar surface area (TPSA) is 107 Å². The monoisotopic (exact) mass is 446 g/mol. The number of esters is 2. The van der Waals surface area contributed by atoms with E-state index in [1.165, 1.54) is 21.0 Å². The summed E-state index contributed by atoms with van der Waals surface area (Å²) in [6.07, 6.45) is -0.744. The Kier molecular flexibility index (Phi) is 5.03. The van der Waals surface area contributed by atoms with Crippen molar-refractivity contribution in [3.63, 3.8) is 0 Å². The molecule has 9 heteroatoms. The number of carbonyl (C=O) groups excluding carboxylic acids is 3. The highest BCUT2D eigenvalue weighted by Crippen LogP contribution is 2.63. The molecule has 0 aliphatic carbocycles. The number of ether oxygens (including phenoxy) is 6. The second kappa shape index (κ2) is 7.54. The fourth-order valence-corrected chi connectivity index (χ4v) is 5.92. The molecule has 9 nitrogen and oxygen atoms in total. The number of benzene rings is 1. The van der Waals surface area contributed by atoms with Crippen LogP contribution in [0.15, 0.2) is 18.2 Å². The molecule has 4 aliphatic rings. The Bertz CT molecular complexity index is 972. The number of fused-ring (bicyclic) bond motifs is 1. The van der Waals surface area contributed by atoms with E-state index in [0.717, 1.165) is 6.42 Å². The molecule has 0 radical (unpaired) electrons. The van der Waals surface area contributed by atoms with Gasteiger partial charge in [-0.25, -0.2) is 0 Å². The van der Waals surface area contributed by atoms with Gasteiger partial charge < -0.3 is 28.4 Å². The van der Waals surface area contributed by atoms with Crippen LogP contribution in [0, 0.1) is 11.3 Å². The van der Waals surface area contributed by atoms with E-state index in [9.17, 15) is 14.4 Å². The zero-order chi connectivity index (χ0) is 22.7. The van der Waals surface area contributed by atoms with Crippen molar-refractivity contribution in [1.82, 2.24) is 0 Å². The molecule has 4 saturated heterocycles. The highest BCUT2D eigenvalue weighted by atomic mass is 16.6. The van der Waals surface area contributed by atoms with E-state index >= 15 is 0 Å².